The lowest BCUT2D eigenvalue weighted by molar-refractivity contribution is -0.113. The summed E-state index contributed by atoms with van der Waals surface area (Å²) in [5.41, 5.74) is 3.71. The van der Waals surface area contributed by atoms with E-state index in [-0.39, 0.29) is 17.8 Å². The van der Waals surface area contributed by atoms with E-state index in [1.807, 2.05) is 43.5 Å². The van der Waals surface area contributed by atoms with Gasteiger partial charge in [-0.3, -0.25) is 9.36 Å². The van der Waals surface area contributed by atoms with Crippen LogP contribution in [0.5, 0.6) is 0 Å². The number of aryl methyl sites for hydroxylation is 1. The summed E-state index contributed by atoms with van der Waals surface area (Å²) >= 11 is 7.39. The molecule has 3 heterocycles. The van der Waals surface area contributed by atoms with Crippen LogP contribution in [0.15, 0.2) is 53.8 Å². The predicted molar refractivity (Wildman–Crippen MR) is 132 cm³/mol. The molecule has 1 aliphatic heterocycles. The van der Waals surface area contributed by atoms with Gasteiger partial charge in [-0.05, 0) is 49.6 Å². The number of nitrogens with one attached hydrogen (secondary N) is 2. The molecule has 0 spiro atoms. The molecule has 0 saturated carbocycles. The molecule has 170 valence electrons. The zero-order valence-corrected chi connectivity index (χ0v) is 19.7. The summed E-state index contributed by atoms with van der Waals surface area (Å²) in [5.74, 6) is 0.893. The molecule has 7 nitrogen and oxygen atoms in total. The fourth-order valence-electron chi connectivity index (χ4n) is 4.09. The Hall–Kier alpha value is -2.81. The van der Waals surface area contributed by atoms with Crippen molar-refractivity contribution in [3.63, 3.8) is 0 Å². The Bertz CT molecular complexity index is 1300. The van der Waals surface area contributed by atoms with E-state index in [9.17, 15) is 4.79 Å². The van der Waals surface area contributed by atoms with Crippen molar-refractivity contribution in [1.29, 1.82) is 0 Å². The Kier molecular flexibility index (Phi) is 6.39. The molecule has 2 N–H and O–H groups in total. The second-order valence-electron chi connectivity index (χ2n) is 8.10. The highest BCUT2D eigenvalue weighted by atomic mass is 35.5. The zero-order valence-electron chi connectivity index (χ0n) is 18.2. The van der Waals surface area contributed by atoms with Gasteiger partial charge in [-0.1, -0.05) is 41.6 Å². The topological polar surface area (TPSA) is 84.8 Å². The van der Waals surface area contributed by atoms with Crippen LogP contribution in [0.3, 0.4) is 0 Å². The van der Waals surface area contributed by atoms with E-state index >= 15 is 0 Å². The molecule has 4 aromatic rings. The van der Waals surface area contributed by atoms with Gasteiger partial charge in [0.25, 0.3) is 0 Å². The molecule has 1 aliphatic rings. The molecule has 1 unspecified atom stereocenters. The maximum absolute atomic E-state index is 12.6. The molecule has 2 aromatic heterocycles. The van der Waals surface area contributed by atoms with Crippen LogP contribution in [0.2, 0.25) is 5.02 Å². The molecule has 9 heteroatoms. The number of benzene rings is 2. The summed E-state index contributed by atoms with van der Waals surface area (Å²) in [4.78, 5) is 15.9. The number of rotatable bonds is 7. The van der Waals surface area contributed by atoms with Crippen molar-refractivity contribution in [3.05, 3.63) is 59.2 Å². The molecule has 5 rings (SSSR count). The Morgan fingerprint density at radius 1 is 1.30 bits per heavy atom. The fourth-order valence-corrected chi connectivity index (χ4v) is 5.07. The molecule has 0 radical (unpaired) electrons. The first-order chi connectivity index (χ1) is 16.1. The minimum absolute atomic E-state index is 0.106. The van der Waals surface area contributed by atoms with Gasteiger partial charge in [0.05, 0.1) is 18.4 Å². The molecule has 1 amide bonds. The SMILES string of the molecule is Cc1cc(Cl)ccc1NC(=O)CSc1nnc(-c2c[nH]c3ccccc23)n1CC1CCCO1. The standard InChI is InChI=1S/C24H24ClN5O2S/c1-15-11-16(25)8-9-20(15)27-22(31)14-33-24-29-28-23(30(24)13-17-5-4-10-32-17)19-12-26-21-7-3-2-6-18(19)21/h2-3,6-9,11-12,17,26H,4-5,10,13-14H2,1H3,(H,27,31). The van der Waals surface area contributed by atoms with Gasteiger partial charge in [-0.15, -0.1) is 10.2 Å². The number of aromatic amines is 1. The average Bonchev–Trinajstić information content (AvgIpc) is 3.55. The highest BCUT2D eigenvalue weighted by Crippen LogP contribution is 2.31. The van der Waals surface area contributed by atoms with Crippen molar-refractivity contribution in [3.8, 4) is 11.4 Å². The number of amides is 1. The van der Waals surface area contributed by atoms with E-state index in [1.165, 1.54) is 11.8 Å². The van der Waals surface area contributed by atoms with Crippen LogP contribution in [0, 0.1) is 6.92 Å². The van der Waals surface area contributed by atoms with E-state index in [2.05, 4.69) is 31.1 Å². The number of aromatic nitrogens is 4. The number of carbonyl (C=O) groups is 1. The van der Waals surface area contributed by atoms with E-state index in [1.54, 1.807) is 6.07 Å². The summed E-state index contributed by atoms with van der Waals surface area (Å²) in [6.45, 7) is 3.35. The maximum Gasteiger partial charge on any atom is 0.234 e. The van der Waals surface area contributed by atoms with Crippen molar-refractivity contribution >= 4 is 45.9 Å². The van der Waals surface area contributed by atoms with E-state index < -0.39 is 0 Å². The van der Waals surface area contributed by atoms with Gasteiger partial charge in [0.15, 0.2) is 11.0 Å². The maximum atomic E-state index is 12.6. The smallest absolute Gasteiger partial charge is 0.234 e. The van der Waals surface area contributed by atoms with Crippen molar-refractivity contribution in [2.75, 3.05) is 17.7 Å². The number of para-hydroxylation sites is 1. The first-order valence-electron chi connectivity index (χ1n) is 10.9. The average molecular weight is 482 g/mol. The third-order valence-electron chi connectivity index (χ3n) is 5.75. The Morgan fingerprint density at radius 2 is 2.18 bits per heavy atom. The molecule has 0 aliphatic carbocycles. The predicted octanol–water partition coefficient (Wildman–Crippen LogP) is 5.30. The first-order valence-corrected chi connectivity index (χ1v) is 12.2. The van der Waals surface area contributed by atoms with Crippen molar-refractivity contribution in [2.45, 2.75) is 37.6 Å². The van der Waals surface area contributed by atoms with Crippen LogP contribution in [-0.2, 0) is 16.1 Å². The van der Waals surface area contributed by atoms with Crippen LogP contribution in [-0.4, -0.2) is 44.1 Å². The Labute approximate surface area is 200 Å². The monoisotopic (exact) mass is 481 g/mol. The number of hydrogen-bond acceptors (Lipinski definition) is 5. The number of thioether (sulfide) groups is 1. The number of fused-ring (bicyclic) bond motifs is 1. The van der Waals surface area contributed by atoms with Gasteiger partial charge < -0.3 is 15.0 Å². The molecule has 2 aromatic carbocycles. The Morgan fingerprint density at radius 3 is 3.00 bits per heavy atom. The molecular formula is C24H24ClN5O2S. The number of ether oxygens (including phenoxy) is 1. The van der Waals surface area contributed by atoms with Gasteiger partial charge in [-0.25, -0.2) is 0 Å². The van der Waals surface area contributed by atoms with Gasteiger partial charge >= 0.3 is 0 Å². The zero-order chi connectivity index (χ0) is 22.8. The highest BCUT2D eigenvalue weighted by Gasteiger charge is 2.23. The normalized spacial score (nSPS) is 15.9. The number of hydrogen-bond donors (Lipinski definition) is 2. The lowest BCUT2D eigenvalue weighted by atomic mass is 10.1. The fraction of sp³-hybridized carbons (Fsp3) is 0.292. The molecule has 0 bridgehead atoms. The van der Waals surface area contributed by atoms with Crippen molar-refractivity contribution in [2.24, 2.45) is 0 Å². The van der Waals surface area contributed by atoms with Gasteiger partial charge in [0, 0.05) is 40.0 Å². The number of anilines is 1. The van der Waals surface area contributed by atoms with E-state index in [0.717, 1.165) is 53.0 Å². The van der Waals surface area contributed by atoms with Crippen LogP contribution >= 0.6 is 23.4 Å². The summed E-state index contributed by atoms with van der Waals surface area (Å²) in [6, 6.07) is 13.5. The van der Waals surface area contributed by atoms with Crippen LogP contribution in [0.1, 0.15) is 18.4 Å². The molecular weight excluding hydrogens is 458 g/mol. The van der Waals surface area contributed by atoms with Gasteiger partial charge in [0.1, 0.15) is 0 Å². The minimum Gasteiger partial charge on any atom is -0.376 e. The van der Waals surface area contributed by atoms with Crippen LogP contribution in [0.4, 0.5) is 5.69 Å². The summed E-state index contributed by atoms with van der Waals surface area (Å²) < 4.78 is 7.97. The summed E-state index contributed by atoms with van der Waals surface area (Å²) in [7, 11) is 0. The van der Waals surface area contributed by atoms with Gasteiger partial charge in [0.2, 0.25) is 5.91 Å². The molecule has 1 atom stereocenters. The largest absolute Gasteiger partial charge is 0.376 e. The summed E-state index contributed by atoms with van der Waals surface area (Å²) in [6.07, 6.45) is 4.15. The minimum atomic E-state index is -0.106. The summed E-state index contributed by atoms with van der Waals surface area (Å²) in [5, 5.41) is 14.3. The lowest BCUT2D eigenvalue weighted by Crippen LogP contribution is -2.18. The van der Waals surface area contributed by atoms with Crippen LogP contribution in [0.25, 0.3) is 22.3 Å². The first kappa shape index (κ1) is 22.0. The van der Waals surface area contributed by atoms with Crippen molar-refractivity contribution < 1.29 is 9.53 Å². The number of nitrogens with zero attached hydrogens (tertiary/aromatic N) is 3. The molecule has 33 heavy (non-hydrogen) atoms. The quantitative estimate of drug-likeness (QED) is 0.350. The molecule has 1 fully saturated rings. The lowest BCUT2D eigenvalue weighted by Gasteiger charge is -2.14. The second-order valence-corrected chi connectivity index (χ2v) is 9.47. The van der Waals surface area contributed by atoms with E-state index in [4.69, 9.17) is 16.3 Å². The second kappa shape index (κ2) is 9.59. The highest BCUT2D eigenvalue weighted by molar-refractivity contribution is 7.99. The molecule has 1 saturated heterocycles. The Balaban J connectivity index is 1.38. The third-order valence-corrected chi connectivity index (χ3v) is 6.95. The van der Waals surface area contributed by atoms with Crippen molar-refractivity contribution in [1.82, 2.24) is 19.7 Å². The third kappa shape index (κ3) is 4.78. The van der Waals surface area contributed by atoms with Crippen LogP contribution < -0.4 is 5.32 Å². The number of carbonyl (C=O) groups excluding carboxylic acids is 1. The van der Waals surface area contributed by atoms with Gasteiger partial charge in [-0.2, -0.15) is 0 Å². The van der Waals surface area contributed by atoms with E-state index in [0.29, 0.717) is 16.7 Å². The number of halogens is 1. The number of H-pyrrole nitrogens is 1.